The van der Waals surface area contributed by atoms with Crippen LogP contribution in [-0.4, -0.2) is 34.4 Å². The number of fused-ring (bicyclic) bond motifs is 1. The van der Waals surface area contributed by atoms with Crippen LogP contribution in [0, 0.1) is 5.82 Å². The van der Waals surface area contributed by atoms with Gasteiger partial charge in [-0.2, -0.15) is 0 Å². The highest BCUT2D eigenvalue weighted by Gasteiger charge is 2.22. The zero-order chi connectivity index (χ0) is 20.4. The molecule has 0 unspecified atom stereocenters. The molecule has 152 valence electrons. The lowest BCUT2D eigenvalue weighted by atomic mass is 9.95. The standard InChI is InChI=1S/C21H21ClFN3O3/c1-28-18-10-17-14(9-19(18)29-13-7-5-12(27)6-8-13)21(25-11-24-17)26-16-4-2-3-15(22)20(16)23/h2-4,9-13,27H,5-8H2,1H3,(H,24,25,26). The average molecular weight is 418 g/mol. The number of aromatic nitrogens is 2. The normalized spacial score (nSPS) is 19.2. The van der Waals surface area contributed by atoms with E-state index in [9.17, 15) is 9.50 Å². The summed E-state index contributed by atoms with van der Waals surface area (Å²) >= 11 is 5.88. The predicted molar refractivity (Wildman–Crippen MR) is 110 cm³/mol. The van der Waals surface area contributed by atoms with Crippen molar-refractivity contribution in [3.63, 3.8) is 0 Å². The highest BCUT2D eigenvalue weighted by atomic mass is 35.5. The molecule has 0 spiro atoms. The molecule has 3 aromatic rings. The van der Waals surface area contributed by atoms with Crippen LogP contribution in [0.2, 0.25) is 5.02 Å². The number of ether oxygens (including phenoxy) is 2. The maximum atomic E-state index is 14.3. The van der Waals surface area contributed by atoms with Crippen molar-refractivity contribution in [3.8, 4) is 11.5 Å². The minimum atomic E-state index is -0.549. The molecule has 1 fully saturated rings. The number of nitrogens with zero attached hydrogens (tertiary/aromatic N) is 2. The average Bonchev–Trinajstić information content (AvgIpc) is 2.73. The number of aliphatic hydroxyl groups is 1. The van der Waals surface area contributed by atoms with Crippen LogP contribution in [-0.2, 0) is 0 Å². The summed E-state index contributed by atoms with van der Waals surface area (Å²) < 4.78 is 26.0. The number of anilines is 2. The minimum absolute atomic E-state index is 0.00355. The van der Waals surface area contributed by atoms with Crippen molar-refractivity contribution in [3.05, 3.63) is 47.5 Å². The maximum Gasteiger partial charge on any atom is 0.165 e. The van der Waals surface area contributed by atoms with E-state index < -0.39 is 5.82 Å². The molecule has 29 heavy (non-hydrogen) atoms. The molecule has 0 atom stereocenters. The first-order valence-corrected chi connectivity index (χ1v) is 9.81. The van der Waals surface area contributed by atoms with Gasteiger partial charge in [0.15, 0.2) is 17.3 Å². The molecular weight excluding hydrogens is 397 g/mol. The molecule has 0 bridgehead atoms. The zero-order valence-electron chi connectivity index (χ0n) is 15.9. The van der Waals surface area contributed by atoms with Crippen LogP contribution in [0.25, 0.3) is 10.9 Å². The lowest BCUT2D eigenvalue weighted by Gasteiger charge is -2.27. The van der Waals surface area contributed by atoms with Gasteiger partial charge in [0, 0.05) is 11.5 Å². The Balaban J connectivity index is 1.70. The van der Waals surface area contributed by atoms with Gasteiger partial charge in [0.2, 0.25) is 0 Å². The number of halogens is 2. The van der Waals surface area contributed by atoms with E-state index in [-0.39, 0.29) is 22.9 Å². The molecule has 1 aliphatic rings. The van der Waals surface area contributed by atoms with Gasteiger partial charge >= 0.3 is 0 Å². The molecule has 4 rings (SSSR count). The Kier molecular flexibility index (Phi) is 5.69. The van der Waals surface area contributed by atoms with Crippen LogP contribution in [0.3, 0.4) is 0 Å². The van der Waals surface area contributed by atoms with Crippen LogP contribution >= 0.6 is 11.6 Å². The first-order chi connectivity index (χ1) is 14.0. The van der Waals surface area contributed by atoms with Gasteiger partial charge in [-0.25, -0.2) is 14.4 Å². The number of rotatable bonds is 5. The minimum Gasteiger partial charge on any atom is -0.493 e. The molecular formula is C21H21ClFN3O3. The van der Waals surface area contributed by atoms with Gasteiger partial charge < -0.3 is 19.9 Å². The summed E-state index contributed by atoms with van der Waals surface area (Å²) in [6.07, 6.45) is 4.10. The number of aliphatic hydroxyl groups excluding tert-OH is 1. The highest BCUT2D eigenvalue weighted by molar-refractivity contribution is 6.31. The van der Waals surface area contributed by atoms with E-state index in [2.05, 4.69) is 15.3 Å². The summed E-state index contributed by atoms with van der Waals surface area (Å²) in [7, 11) is 1.57. The van der Waals surface area contributed by atoms with Gasteiger partial charge in [0.25, 0.3) is 0 Å². The molecule has 0 aliphatic heterocycles. The van der Waals surface area contributed by atoms with E-state index in [1.54, 1.807) is 31.4 Å². The van der Waals surface area contributed by atoms with Gasteiger partial charge in [-0.1, -0.05) is 17.7 Å². The largest absolute Gasteiger partial charge is 0.493 e. The first kappa shape index (κ1) is 19.7. The van der Waals surface area contributed by atoms with Crippen molar-refractivity contribution >= 4 is 34.0 Å². The fourth-order valence-corrected chi connectivity index (χ4v) is 3.66. The van der Waals surface area contributed by atoms with Crippen molar-refractivity contribution in [1.29, 1.82) is 0 Å². The second kappa shape index (κ2) is 8.39. The van der Waals surface area contributed by atoms with Crippen LogP contribution in [0.1, 0.15) is 25.7 Å². The Bertz CT molecular complexity index is 1030. The number of hydrogen-bond acceptors (Lipinski definition) is 6. The number of hydrogen-bond donors (Lipinski definition) is 2. The van der Waals surface area contributed by atoms with Crippen molar-refractivity contribution in [1.82, 2.24) is 9.97 Å². The molecule has 1 saturated carbocycles. The summed E-state index contributed by atoms with van der Waals surface area (Å²) in [4.78, 5) is 8.56. The molecule has 1 heterocycles. The predicted octanol–water partition coefficient (Wildman–Crippen LogP) is 4.86. The van der Waals surface area contributed by atoms with E-state index in [0.717, 1.165) is 12.8 Å². The Morgan fingerprint density at radius 3 is 2.69 bits per heavy atom. The lowest BCUT2D eigenvalue weighted by molar-refractivity contribution is 0.0653. The third-order valence-electron chi connectivity index (χ3n) is 5.06. The van der Waals surface area contributed by atoms with Crippen LogP contribution in [0.5, 0.6) is 11.5 Å². The molecule has 1 aliphatic carbocycles. The summed E-state index contributed by atoms with van der Waals surface area (Å²) in [5.41, 5.74) is 0.852. The Labute approximate surface area is 172 Å². The number of benzene rings is 2. The first-order valence-electron chi connectivity index (χ1n) is 9.43. The van der Waals surface area contributed by atoms with Crippen LogP contribution in [0.4, 0.5) is 15.9 Å². The smallest absolute Gasteiger partial charge is 0.165 e. The summed E-state index contributed by atoms with van der Waals surface area (Å²) in [5.74, 6) is 1.00. The quantitative estimate of drug-likeness (QED) is 0.617. The van der Waals surface area contributed by atoms with Gasteiger partial charge in [0.05, 0.1) is 35.5 Å². The number of methoxy groups -OCH3 is 1. The summed E-state index contributed by atoms with van der Waals surface area (Å²) in [6, 6.07) is 8.29. The lowest BCUT2D eigenvalue weighted by Crippen LogP contribution is -2.26. The fraction of sp³-hybridized carbons (Fsp3) is 0.333. The van der Waals surface area contributed by atoms with E-state index in [4.69, 9.17) is 21.1 Å². The van der Waals surface area contributed by atoms with E-state index in [1.807, 2.05) is 0 Å². The monoisotopic (exact) mass is 417 g/mol. The van der Waals surface area contributed by atoms with E-state index in [0.29, 0.717) is 41.1 Å². The van der Waals surface area contributed by atoms with E-state index in [1.165, 1.54) is 12.4 Å². The molecule has 2 aromatic carbocycles. The van der Waals surface area contributed by atoms with Crippen molar-refractivity contribution in [2.24, 2.45) is 0 Å². The Morgan fingerprint density at radius 1 is 1.14 bits per heavy atom. The van der Waals surface area contributed by atoms with Crippen molar-refractivity contribution in [2.45, 2.75) is 37.9 Å². The van der Waals surface area contributed by atoms with Gasteiger partial charge in [-0.3, -0.25) is 0 Å². The second-order valence-electron chi connectivity index (χ2n) is 7.02. The summed E-state index contributed by atoms with van der Waals surface area (Å²) in [6.45, 7) is 0. The van der Waals surface area contributed by atoms with Gasteiger partial charge in [-0.15, -0.1) is 0 Å². The van der Waals surface area contributed by atoms with Crippen molar-refractivity contribution in [2.75, 3.05) is 12.4 Å². The SMILES string of the molecule is COc1cc2ncnc(Nc3cccc(Cl)c3F)c2cc1OC1CCC(O)CC1. The fourth-order valence-electron chi connectivity index (χ4n) is 3.49. The molecule has 2 N–H and O–H groups in total. The van der Waals surface area contributed by atoms with Gasteiger partial charge in [-0.05, 0) is 43.9 Å². The third kappa shape index (κ3) is 4.21. The second-order valence-corrected chi connectivity index (χ2v) is 7.42. The molecule has 0 saturated heterocycles. The van der Waals surface area contributed by atoms with E-state index >= 15 is 0 Å². The van der Waals surface area contributed by atoms with Gasteiger partial charge in [0.1, 0.15) is 12.1 Å². The molecule has 0 amide bonds. The van der Waals surface area contributed by atoms with Crippen LogP contribution in [0.15, 0.2) is 36.7 Å². The highest BCUT2D eigenvalue weighted by Crippen LogP contribution is 2.37. The molecule has 6 nitrogen and oxygen atoms in total. The maximum absolute atomic E-state index is 14.3. The third-order valence-corrected chi connectivity index (χ3v) is 5.35. The number of nitrogens with one attached hydrogen (secondary N) is 1. The topological polar surface area (TPSA) is 76.5 Å². The molecule has 0 radical (unpaired) electrons. The van der Waals surface area contributed by atoms with Crippen LogP contribution < -0.4 is 14.8 Å². The summed E-state index contributed by atoms with van der Waals surface area (Å²) in [5, 5.41) is 13.4. The Hall–Kier alpha value is -2.64. The zero-order valence-corrected chi connectivity index (χ0v) is 16.6. The van der Waals surface area contributed by atoms with Crippen molar-refractivity contribution < 1.29 is 19.0 Å². The molecule has 8 heteroatoms. The Morgan fingerprint density at radius 2 is 1.93 bits per heavy atom. The molecule has 1 aromatic heterocycles.